The van der Waals surface area contributed by atoms with Crippen molar-refractivity contribution in [2.24, 2.45) is 0 Å². The first-order chi connectivity index (χ1) is 7.18. The van der Waals surface area contributed by atoms with Crippen molar-refractivity contribution >= 4 is 27.9 Å². The molecule has 5 heteroatoms. The summed E-state index contributed by atoms with van der Waals surface area (Å²) in [6, 6.07) is 4.25. The zero-order chi connectivity index (χ0) is 10.8. The van der Waals surface area contributed by atoms with E-state index in [2.05, 4.69) is 23.5 Å². The minimum atomic E-state index is -0.00870. The van der Waals surface area contributed by atoms with Crippen molar-refractivity contribution in [3.05, 3.63) is 27.9 Å². The van der Waals surface area contributed by atoms with Gasteiger partial charge in [0.2, 0.25) is 0 Å². The molecule has 0 spiro atoms. The maximum absolute atomic E-state index is 11.6. The van der Waals surface area contributed by atoms with Crippen LogP contribution in [0, 0.1) is 0 Å². The Balaban J connectivity index is 2.46. The summed E-state index contributed by atoms with van der Waals surface area (Å²) in [5.41, 5.74) is 0.759. The highest BCUT2D eigenvalue weighted by Crippen LogP contribution is 2.31. The lowest BCUT2D eigenvalue weighted by atomic mass is 10.2. The topological polar surface area (TPSA) is 44.9 Å². The molecule has 2 rings (SSSR count). The summed E-state index contributed by atoms with van der Waals surface area (Å²) in [5, 5.41) is 6.18. The highest BCUT2D eigenvalue weighted by atomic mass is 32.1. The van der Waals surface area contributed by atoms with Gasteiger partial charge in [0.1, 0.15) is 5.00 Å². The average molecular weight is 240 g/mol. The van der Waals surface area contributed by atoms with Crippen LogP contribution in [0.4, 0.5) is 5.00 Å². The van der Waals surface area contributed by atoms with Gasteiger partial charge in [-0.3, -0.25) is 9.17 Å². The third-order valence-corrected chi connectivity index (χ3v) is 3.59. The van der Waals surface area contributed by atoms with E-state index in [1.54, 1.807) is 11.3 Å². The molecule has 0 aliphatic carbocycles. The minimum absolute atomic E-state index is 0.00870. The predicted molar refractivity (Wildman–Crippen MR) is 67.0 cm³/mol. The first-order valence-corrected chi connectivity index (χ1v) is 6.40. The first-order valence-electron chi connectivity index (χ1n) is 4.70. The molecule has 0 aromatic carbocycles. The number of hydrogen-bond acceptors (Lipinski definition) is 4. The number of thiophene rings is 1. The normalized spacial score (nSPS) is 10.9. The van der Waals surface area contributed by atoms with Crippen LogP contribution in [0.2, 0.25) is 0 Å². The summed E-state index contributed by atoms with van der Waals surface area (Å²) < 4.78 is 2.76. The number of nitrogens with one attached hydrogen (secondary N) is 2. The molecular weight excluding hydrogens is 228 g/mol. The first kappa shape index (κ1) is 10.4. The molecule has 0 fully saturated rings. The van der Waals surface area contributed by atoms with Crippen LogP contribution in [0.5, 0.6) is 0 Å². The lowest BCUT2D eigenvalue weighted by molar-refractivity contribution is 0.905. The molecule has 0 bridgehead atoms. The number of aromatic amines is 1. The summed E-state index contributed by atoms with van der Waals surface area (Å²) in [6.07, 6.45) is 0. The summed E-state index contributed by atoms with van der Waals surface area (Å²) >= 11 is 2.94. The zero-order valence-electron chi connectivity index (χ0n) is 8.53. The fraction of sp³-hybridized carbons (Fsp3) is 0.300. The molecule has 0 aliphatic heterocycles. The Morgan fingerprint density at radius 2 is 2.27 bits per heavy atom. The summed E-state index contributed by atoms with van der Waals surface area (Å²) in [5.74, 6) is 0. The van der Waals surface area contributed by atoms with Crippen LogP contribution in [0.25, 0.3) is 10.4 Å². The molecule has 0 saturated heterocycles. The number of H-pyrrole nitrogens is 1. The Bertz CT molecular complexity index is 482. The molecule has 0 atom stereocenters. The van der Waals surface area contributed by atoms with Gasteiger partial charge in [-0.2, -0.15) is 0 Å². The van der Waals surface area contributed by atoms with Crippen molar-refractivity contribution in [2.75, 3.05) is 5.32 Å². The van der Waals surface area contributed by atoms with Gasteiger partial charge in [0, 0.05) is 10.9 Å². The van der Waals surface area contributed by atoms with Crippen LogP contribution in [0.15, 0.2) is 22.3 Å². The van der Waals surface area contributed by atoms with Gasteiger partial charge in [0.25, 0.3) is 5.56 Å². The van der Waals surface area contributed by atoms with Gasteiger partial charge in [0.15, 0.2) is 0 Å². The molecule has 0 aliphatic rings. The minimum Gasteiger partial charge on any atom is -0.373 e. The zero-order valence-corrected chi connectivity index (χ0v) is 10.2. The van der Waals surface area contributed by atoms with Gasteiger partial charge in [-0.05, 0) is 36.8 Å². The lowest BCUT2D eigenvalue weighted by Crippen LogP contribution is -2.10. The molecule has 2 aromatic rings. The second-order valence-corrected chi connectivity index (χ2v) is 5.28. The maximum Gasteiger partial charge on any atom is 0.268 e. The summed E-state index contributed by atoms with van der Waals surface area (Å²) in [4.78, 5) is 12.7. The monoisotopic (exact) mass is 240 g/mol. The highest BCUT2D eigenvalue weighted by Gasteiger charge is 2.13. The molecule has 2 aromatic heterocycles. The fourth-order valence-corrected chi connectivity index (χ4v) is 3.05. The highest BCUT2D eigenvalue weighted by molar-refractivity contribution is 7.15. The predicted octanol–water partition coefficient (Wildman–Crippen LogP) is 2.99. The van der Waals surface area contributed by atoms with Gasteiger partial charge < -0.3 is 5.32 Å². The van der Waals surface area contributed by atoms with E-state index in [4.69, 9.17) is 0 Å². The molecule has 0 saturated carbocycles. The third kappa shape index (κ3) is 2.13. The molecule has 2 N–H and O–H groups in total. The SMILES string of the molecule is CC(C)Nc1s[nH]c(=O)c1-c1cccs1. The average Bonchev–Trinajstić information content (AvgIpc) is 2.74. The molecule has 80 valence electrons. The molecule has 2 heterocycles. The Labute approximate surface area is 95.9 Å². The standard InChI is InChI=1S/C10H12N2OS2/c1-6(2)11-10-8(9(13)12-15-10)7-4-3-5-14-7/h3-6,11H,1-2H3,(H,12,13). The number of hydrogen-bond donors (Lipinski definition) is 2. The molecule has 0 unspecified atom stereocenters. The van der Waals surface area contributed by atoms with Crippen molar-refractivity contribution in [1.29, 1.82) is 0 Å². The Morgan fingerprint density at radius 3 is 2.87 bits per heavy atom. The van der Waals surface area contributed by atoms with E-state index in [1.165, 1.54) is 11.5 Å². The Hall–Kier alpha value is -1.07. The van der Waals surface area contributed by atoms with E-state index in [1.807, 2.05) is 17.5 Å². The fourth-order valence-electron chi connectivity index (χ4n) is 1.31. The van der Waals surface area contributed by atoms with Crippen LogP contribution in [0.3, 0.4) is 0 Å². The van der Waals surface area contributed by atoms with Crippen LogP contribution in [0.1, 0.15) is 13.8 Å². The Kier molecular flexibility index (Phi) is 2.93. The molecule has 0 amide bonds. The Morgan fingerprint density at radius 1 is 1.47 bits per heavy atom. The largest absolute Gasteiger partial charge is 0.373 e. The second kappa shape index (κ2) is 4.20. The van der Waals surface area contributed by atoms with Gasteiger partial charge in [0.05, 0.1) is 5.56 Å². The van der Waals surface area contributed by atoms with E-state index in [0.717, 1.165) is 15.4 Å². The molecule has 15 heavy (non-hydrogen) atoms. The third-order valence-electron chi connectivity index (χ3n) is 1.89. The van der Waals surface area contributed by atoms with Crippen LogP contribution in [-0.2, 0) is 0 Å². The van der Waals surface area contributed by atoms with Crippen LogP contribution in [-0.4, -0.2) is 10.4 Å². The van der Waals surface area contributed by atoms with Crippen molar-refractivity contribution in [1.82, 2.24) is 4.37 Å². The quantitative estimate of drug-likeness (QED) is 0.866. The number of rotatable bonds is 3. The van der Waals surface area contributed by atoms with Gasteiger partial charge >= 0.3 is 0 Å². The summed E-state index contributed by atoms with van der Waals surface area (Å²) in [6.45, 7) is 4.12. The van der Waals surface area contributed by atoms with Crippen molar-refractivity contribution in [3.8, 4) is 10.4 Å². The molecular formula is C10H12N2OS2. The van der Waals surface area contributed by atoms with E-state index in [-0.39, 0.29) is 5.56 Å². The van der Waals surface area contributed by atoms with Gasteiger partial charge in [-0.25, -0.2) is 0 Å². The van der Waals surface area contributed by atoms with Crippen molar-refractivity contribution < 1.29 is 0 Å². The van der Waals surface area contributed by atoms with E-state index in [9.17, 15) is 4.79 Å². The second-order valence-electron chi connectivity index (χ2n) is 3.51. The van der Waals surface area contributed by atoms with Crippen molar-refractivity contribution in [2.45, 2.75) is 19.9 Å². The van der Waals surface area contributed by atoms with Crippen LogP contribution < -0.4 is 10.9 Å². The smallest absolute Gasteiger partial charge is 0.268 e. The molecule has 0 radical (unpaired) electrons. The summed E-state index contributed by atoms with van der Waals surface area (Å²) in [7, 11) is 0. The lowest BCUT2D eigenvalue weighted by Gasteiger charge is -2.07. The van der Waals surface area contributed by atoms with Crippen LogP contribution >= 0.6 is 22.9 Å². The van der Waals surface area contributed by atoms with Gasteiger partial charge in [-0.1, -0.05) is 6.07 Å². The molecule has 3 nitrogen and oxygen atoms in total. The van der Waals surface area contributed by atoms with E-state index in [0.29, 0.717) is 6.04 Å². The number of anilines is 1. The van der Waals surface area contributed by atoms with E-state index >= 15 is 0 Å². The van der Waals surface area contributed by atoms with Gasteiger partial charge in [-0.15, -0.1) is 11.3 Å². The maximum atomic E-state index is 11.6. The van der Waals surface area contributed by atoms with E-state index < -0.39 is 0 Å². The number of aromatic nitrogens is 1. The van der Waals surface area contributed by atoms with Crippen molar-refractivity contribution in [3.63, 3.8) is 0 Å².